The lowest BCUT2D eigenvalue weighted by atomic mass is 10.0. The van der Waals surface area contributed by atoms with Crippen molar-refractivity contribution in [2.75, 3.05) is 18.6 Å². The number of benzene rings is 1. The van der Waals surface area contributed by atoms with Crippen LogP contribution in [-0.4, -0.2) is 87.4 Å². The van der Waals surface area contributed by atoms with Crippen LogP contribution in [0.25, 0.3) is 0 Å². The third-order valence-corrected chi connectivity index (χ3v) is 6.69. The Hall–Kier alpha value is -4.11. The highest BCUT2D eigenvalue weighted by molar-refractivity contribution is 7.98. The van der Waals surface area contributed by atoms with Gasteiger partial charge in [0.25, 0.3) is 0 Å². The van der Waals surface area contributed by atoms with Crippen molar-refractivity contribution in [3.05, 3.63) is 54.1 Å². The first-order valence-corrected chi connectivity index (χ1v) is 14.4. The van der Waals surface area contributed by atoms with Gasteiger partial charge in [-0.25, -0.2) is 9.78 Å². The lowest BCUT2D eigenvalue weighted by molar-refractivity contribution is -0.142. The summed E-state index contributed by atoms with van der Waals surface area (Å²) in [5.41, 5.74) is 18.2. The van der Waals surface area contributed by atoms with Crippen molar-refractivity contribution in [1.29, 1.82) is 0 Å². The number of guanidine groups is 1. The van der Waals surface area contributed by atoms with Gasteiger partial charge in [0.15, 0.2) is 5.96 Å². The number of H-pyrrole nitrogens is 1. The zero-order valence-electron chi connectivity index (χ0n) is 22.9. The number of rotatable bonds is 18. The van der Waals surface area contributed by atoms with Gasteiger partial charge in [0.2, 0.25) is 17.7 Å². The number of hydrogen-bond donors (Lipinski definition) is 8. The number of nitrogens with two attached hydrogens (primary N) is 3. The molecule has 1 aromatic heterocycles. The molecule has 0 aliphatic heterocycles. The van der Waals surface area contributed by atoms with Crippen LogP contribution in [0.4, 0.5) is 0 Å². The number of hydrogen-bond acceptors (Lipinski definition) is 8. The van der Waals surface area contributed by atoms with E-state index in [0.29, 0.717) is 17.9 Å². The van der Waals surface area contributed by atoms with E-state index in [4.69, 9.17) is 17.2 Å². The van der Waals surface area contributed by atoms with Crippen LogP contribution in [0.3, 0.4) is 0 Å². The summed E-state index contributed by atoms with van der Waals surface area (Å²) in [6.07, 6.45) is 5.78. The molecular weight excluding hydrogens is 550 g/mol. The maximum absolute atomic E-state index is 13.4. The summed E-state index contributed by atoms with van der Waals surface area (Å²) in [6, 6.07) is 4.99. The van der Waals surface area contributed by atoms with Crippen molar-refractivity contribution < 1.29 is 24.3 Å². The van der Waals surface area contributed by atoms with E-state index in [-0.39, 0.29) is 38.2 Å². The Bertz CT molecular complexity index is 1140. The van der Waals surface area contributed by atoms with E-state index in [1.165, 1.54) is 24.3 Å². The molecule has 0 aliphatic rings. The molecule has 0 saturated carbocycles. The number of carboxylic acid groups (broad SMARTS) is 1. The van der Waals surface area contributed by atoms with Crippen molar-refractivity contribution >= 4 is 41.4 Å². The zero-order valence-corrected chi connectivity index (χ0v) is 23.7. The first-order valence-electron chi connectivity index (χ1n) is 13.1. The Morgan fingerprint density at radius 1 is 0.976 bits per heavy atom. The summed E-state index contributed by atoms with van der Waals surface area (Å²) >= 11 is 1.46. The van der Waals surface area contributed by atoms with Crippen LogP contribution >= 0.6 is 11.8 Å². The largest absolute Gasteiger partial charge is 0.480 e. The molecule has 14 nitrogen and oxygen atoms in total. The third kappa shape index (κ3) is 12.3. The Kier molecular flexibility index (Phi) is 14.2. The van der Waals surface area contributed by atoms with Gasteiger partial charge in [0.05, 0.1) is 12.4 Å². The normalized spacial score (nSPS) is 13.7. The summed E-state index contributed by atoms with van der Waals surface area (Å²) in [5, 5.41) is 17.5. The fraction of sp³-hybridized carbons (Fsp3) is 0.462. The maximum atomic E-state index is 13.4. The number of aromatic amines is 1. The minimum Gasteiger partial charge on any atom is -0.480 e. The molecule has 4 atom stereocenters. The van der Waals surface area contributed by atoms with E-state index in [0.717, 1.165) is 5.56 Å². The molecule has 224 valence electrons. The van der Waals surface area contributed by atoms with Gasteiger partial charge in [-0.1, -0.05) is 30.3 Å². The number of nitrogens with one attached hydrogen (secondary N) is 4. The molecule has 0 radical (unpaired) electrons. The van der Waals surface area contributed by atoms with Crippen molar-refractivity contribution in [1.82, 2.24) is 25.9 Å². The molecule has 1 aromatic carbocycles. The average molecular weight is 590 g/mol. The van der Waals surface area contributed by atoms with Crippen LogP contribution in [0, 0.1) is 0 Å². The molecule has 0 saturated heterocycles. The van der Waals surface area contributed by atoms with Crippen LogP contribution in [0.5, 0.6) is 0 Å². The monoisotopic (exact) mass is 589 g/mol. The highest BCUT2D eigenvalue weighted by Crippen LogP contribution is 2.08. The standard InChI is InChI=1S/C26H39N9O5S/c1-41-11-9-19(23(37)34-20(25(39)40)8-5-10-31-26(28)29)33-24(38)21(13-17-14-30-15-32-17)35-22(36)18(27)12-16-6-3-2-4-7-16/h2-4,6-7,14-15,18-21H,5,8-13,27H2,1H3,(H,30,32)(H,33,38)(H,34,37)(H,35,36)(H,39,40)(H4,28,29,31). The zero-order chi connectivity index (χ0) is 30.2. The van der Waals surface area contributed by atoms with Crippen molar-refractivity contribution in [2.45, 2.75) is 56.3 Å². The highest BCUT2D eigenvalue weighted by Gasteiger charge is 2.30. The van der Waals surface area contributed by atoms with E-state index < -0.39 is 47.9 Å². The molecule has 0 spiro atoms. The topological polar surface area (TPSA) is 244 Å². The van der Waals surface area contributed by atoms with Gasteiger partial charge in [-0.15, -0.1) is 0 Å². The quantitative estimate of drug-likeness (QED) is 0.0590. The number of carboxylic acids is 1. The molecule has 15 heteroatoms. The number of carbonyl (C=O) groups excluding carboxylic acids is 3. The number of amides is 3. The first-order chi connectivity index (χ1) is 19.6. The molecular formula is C26H39N9O5S. The van der Waals surface area contributed by atoms with Crippen molar-refractivity contribution in [2.24, 2.45) is 22.2 Å². The second-order valence-corrected chi connectivity index (χ2v) is 10.3. The number of carbonyl (C=O) groups is 4. The Balaban J connectivity index is 2.12. The van der Waals surface area contributed by atoms with E-state index in [9.17, 15) is 24.3 Å². The predicted molar refractivity (Wildman–Crippen MR) is 157 cm³/mol. The molecule has 11 N–H and O–H groups in total. The molecule has 41 heavy (non-hydrogen) atoms. The molecule has 3 amide bonds. The third-order valence-electron chi connectivity index (χ3n) is 6.05. The number of aromatic nitrogens is 2. The summed E-state index contributed by atoms with van der Waals surface area (Å²) in [6.45, 7) is 0.204. The Labute approximate surface area is 242 Å². The van der Waals surface area contributed by atoms with E-state index in [1.807, 2.05) is 36.6 Å². The summed E-state index contributed by atoms with van der Waals surface area (Å²) in [4.78, 5) is 61.9. The maximum Gasteiger partial charge on any atom is 0.326 e. The smallest absolute Gasteiger partial charge is 0.326 e. The average Bonchev–Trinajstić information content (AvgIpc) is 3.45. The lowest BCUT2D eigenvalue weighted by Crippen LogP contribution is -2.58. The molecule has 4 unspecified atom stereocenters. The minimum atomic E-state index is -1.23. The molecule has 0 fully saturated rings. The van der Waals surface area contributed by atoms with Crippen LogP contribution in [0.15, 0.2) is 47.8 Å². The van der Waals surface area contributed by atoms with Crippen LogP contribution in [0.2, 0.25) is 0 Å². The van der Waals surface area contributed by atoms with E-state index >= 15 is 0 Å². The lowest BCUT2D eigenvalue weighted by Gasteiger charge is -2.25. The van der Waals surface area contributed by atoms with Gasteiger partial charge in [-0.3, -0.25) is 19.4 Å². The number of aliphatic carboxylic acids is 1. The Morgan fingerprint density at radius 2 is 1.63 bits per heavy atom. The van der Waals surface area contributed by atoms with Crippen LogP contribution < -0.4 is 33.2 Å². The van der Waals surface area contributed by atoms with Crippen molar-refractivity contribution in [3.63, 3.8) is 0 Å². The highest BCUT2D eigenvalue weighted by atomic mass is 32.2. The van der Waals surface area contributed by atoms with E-state index in [1.54, 1.807) is 0 Å². The van der Waals surface area contributed by atoms with Gasteiger partial charge in [-0.05, 0) is 43.3 Å². The molecule has 0 bridgehead atoms. The molecule has 1 heterocycles. The fourth-order valence-corrected chi connectivity index (χ4v) is 4.35. The fourth-order valence-electron chi connectivity index (χ4n) is 3.88. The van der Waals surface area contributed by atoms with Gasteiger partial charge >= 0.3 is 5.97 Å². The summed E-state index contributed by atoms with van der Waals surface area (Å²) in [7, 11) is 0. The van der Waals surface area contributed by atoms with Gasteiger partial charge < -0.3 is 43.2 Å². The number of thioether (sulfide) groups is 1. The van der Waals surface area contributed by atoms with Gasteiger partial charge in [-0.2, -0.15) is 11.8 Å². The van der Waals surface area contributed by atoms with Crippen LogP contribution in [0.1, 0.15) is 30.5 Å². The van der Waals surface area contributed by atoms with Gasteiger partial charge in [0.1, 0.15) is 18.1 Å². The summed E-state index contributed by atoms with van der Waals surface area (Å²) < 4.78 is 0. The SMILES string of the molecule is CSCCC(NC(=O)C(Cc1cnc[nH]1)NC(=O)C(N)Cc1ccccc1)C(=O)NC(CCCN=C(N)N)C(=O)O. The Morgan fingerprint density at radius 3 is 2.24 bits per heavy atom. The molecule has 2 aromatic rings. The molecule has 0 aliphatic carbocycles. The predicted octanol–water partition coefficient (Wildman–Crippen LogP) is -1.13. The number of aliphatic imine (C=N–C) groups is 1. The van der Waals surface area contributed by atoms with E-state index in [2.05, 4.69) is 30.9 Å². The second-order valence-electron chi connectivity index (χ2n) is 9.33. The first kappa shape index (κ1) is 33.1. The minimum absolute atomic E-state index is 0.0645. The van der Waals surface area contributed by atoms with Crippen molar-refractivity contribution in [3.8, 4) is 0 Å². The number of nitrogens with zero attached hydrogens (tertiary/aromatic N) is 2. The second kappa shape index (κ2) is 17.6. The summed E-state index contributed by atoms with van der Waals surface area (Å²) in [5.74, 6) is -2.64. The molecule has 2 rings (SSSR count). The number of imidazole rings is 1. The van der Waals surface area contributed by atoms with Crippen LogP contribution in [-0.2, 0) is 32.0 Å². The van der Waals surface area contributed by atoms with Gasteiger partial charge in [0, 0.05) is 24.9 Å².